The number of hydrogen-bond donors (Lipinski definition) is 4. The number of urea groups is 1. The average Bonchev–Trinajstić information content (AvgIpc) is 3.32. The molecule has 0 saturated heterocycles. The Labute approximate surface area is 174 Å². The smallest absolute Gasteiger partial charge is 0.326 e. The van der Waals surface area contributed by atoms with Crippen molar-refractivity contribution in [3.05, 3.63) is 58.2 Å². The topological polar surface area (TPSA) is 113 Å². The first-order chi connectivity index (χ1) is 14.0. The van der Waals surface area contributed by atoms with E-state index in [0.717, 1.165) is 26.5 Å². The molecule has 3 aromatic rings. The van der Waals surface area contributed by atoms with E-state index >= 15 is 0 Å². The molecule has 2 aromatic carbocycles. The molecule has 4 rings (SSSR count). The van der Waals surface area contributed by atoms with Crippen LogP contribution in [0.5, 0.6) is 11.5 Å². The predicted molar refractivity (Wildman–Crippen MR) is 109 cm³/mol. The molecule has 0 bridgehead atoms. The fourth-order valence-electron chi connectivity index (χ4n) is 3.20. The Bertz CT molecular complexity index is 1080. The van der Waals surface area contributed by atoms with E-state index < -0.39 is 18.0 Å². The van der Waals surface area contributed by atoms with E-state index in [0.29, 0.717) is 11.5 Å². The summed E-state index contributed by atoms with van der Waals surface area (Å²) in [6.45, 7) is 0.357. The number of hydrogen-bond acceptors (Lipinski definition) is 4. The largest absolute Gasteiger partial charge is 0.480 e. The molecule has 9 heteroatoms. The molecule has 0 aliphatic carbocycles. The standard InChI is InChI=1S/C20H18BrN3O5/c21-14-7-18-17(28-10-29-18)6-12(14)9-23-20(27)24-16(19(25)26)5-11-8-22-15-4-2-1-3-13(11)15/h1-4,6-8,16,22H,5,9-10H2,(H,25,26)(H2,23,24,27)/t16-/m1/s1. The lowest BCUT2D eigenvalue weighted by atomic mass is 10.1. The van der Waals surface area contributed by atoms with Crippen LogP contribution in [0.3, 0.4) is 0 Å². The Balaban J connectivity index is 1.40. The summed E-state index contributed by atoms with van der Waals surface area (Å²) in [6.07, 6.45) is 1.93. The molecule has 0 fully saturated rings. The number of aromatic nitrogens is 1. The zero-order chi connectivity index (χ0) is 20.4. The van der Waals surface area contributed by atoms with Gasteiger partial charge in [-0.1, -0.05) is 34.1 Å². The third-order valence-corrected chi connectivity index (χ3v) is 5.42. The van der Waals surface area contributed by atoms with Crippen LogP contribution >= 0.6 is 15.9 Å². The van der Waals surface area contributed by atoms with E-state index in [-0.39, 0.29) is 19.8 Å². The van der Waals surface area contributed by atoms with E-state index in [9.17, 15) is 14.7 Å². The van der Waals surface area contributed by atoms with Gasteiger partial charge in [0.05, 0.1) is 0 Å². The first-order valence-corrected chi connectivity index (χ1v) is 9.71. The first-order valence-electron chi connectivity index (χ1n) is 8.91. The molecule has 0 saturated carbocycles. The first kappa shape index (κ1) is 19.1. The number of carbonyl (C=O) groups excluding carboxylic acids is 1. The van der Waals surface area contributed by atoms with Crippen molar-refractivity contribution in [2.24, 2.45) is 0 Å². The van der Waals surface area contributed by atoms with Gasteiger partial charge in [-0.2, -0.15) is 0 Å². The second-order valence-corrected chi connectivity index (χ2v) is 7.43. The van der Waals surface area contributed by atoms with Crippen LogP contribution < -0.4 is 20.1 Å². The van der Waals surface area contributed by atoms with Gasteiger partial charge in [0.2, 0.25) is 6.79 Å². The van der Waals surface area contributed by atoms with Crippen molar-refractivity contribution in [3.63, 3.8) is 0 Å². The molecular formula is C20H18BrN3O5. The zero-order valence-electron chi connectivity index (χ0n) is 15.2. The van der Waals surface area contributed by atoms with Crippen LogP contribution in [0, 0.1) is 0 Å². The summed E-state index contributed by atoms with van der Waals surface area (Å²) < 4.78 is 11.4. The van der Waals surface area contributed by atoms with Crippen LogP contribution in [-0.2, 0) is 17.8 Å². The van der Waals surface area contributed by atoms with Crippen LogP contribution in [0.15, 0.2) is 47.1 Å². The Hall–Kier alpha value is -3.20. The van der Waals surface area contributed by atoms with Gasteiger partial charge in [-0.15, -0.1) is 0 Å². The number of benzene rings is 2. The minimum atomic E-state index is -1.10. The third kappa shape index (κ3) is 4.14. The summed E-state index contributed by atoms with van der Waals surface area (Å²) in [6, 6.07) is 9.53. The van der Waals surface area contributed by atoms with Gasteiger partial charge < -0.3 is 30.2 Å². The van der Waals surface area contributed by atoms with Crippen molar-refractivity contribution in [2.45, 2.75) is 19.0 Å². The number of carboxylic acids is 1. The van der Waals surface area contributed by atoms with Crippen LogP contribution in [0.1, 0.15) is 11.1 Å². The number of halogens is 1. The number of aromatic amines is 1. The van der Waals surface area contributed by atoms with Crippen molar-refractivity contribution in [1.82, 2.24) is 15.6 Å². The summed E-state index contributed by atoms with van der Waals surface area (Å²) in [5.74, 6) is 0.137. The van der Waals surface area contributed by atoms with E-state index in [1.807, 2.05) is 24.3 Å². The van der Waals surface area contributed by atoms with Gasteiger partial charge in [0.1, 0.15) is 6.04 Å². The van der Waals surface area contributed by atoms with Crippen molar-refractivity contribution < 1.29 is 24.2 Å². The van der Waals surface area contributed by atoms with E-state index in [1.165, 1.54) is 0 Å². The van der Waals surface area contributed by atoms with Gasteiger partial charge in [0, 0.05) is 34.5 Å². The Morgan fingerprint density at radius 3 is 2.72 bits per heavy atom. The molecule has 150 valence electrons. The number of nitrogens with one attached hydrogen (secondary N) is 3. The van der Waals surface area contributed by atoms with Gasteiger partial charge >= 0.3 is 12.0 Å². The molecule has 1 aliphatic rings. The molecule has 8 nitrogen and oxygen atoms in total. The third-order valence-electron chi connectivity index (χ3n) is 4.68. The zero-order valence-corrected chi connectivity index (χ0v) is 16.8. The monoisotopic (exact) mass is 459 g/mol. The molecule has 2 heterocycles. The summed E-state index contributed by atoms with van der Waals surface area (Å²) in [4.78, 5) is 27.1. The van der Waals surface area contributed by atoms with Crippen molar-refractivity contribution in [1.29, 1.82) is 0 Å². The number of carboxylic acid groups (broad SMARTS) is 1. The molecule has 1 atom stereocenters. The van der Waals surface area contributed by atoms with Gasteiger partial charge in [0.25, 0.3) is 0 Å². The summed E-state index contributed by atoms with van der Waals surface area (Å²) in [7, 11) is 0. The highest BCUT2D eigenvalue weighted by Gasteiger charge is 2.22. The quantitative estimate of drug-likeness (QED) is 0.452. The minimum Gasteiger partial charge on any atom is -0.480 e. The number of ether oxygens (including phenoxy) is 2. The van der Waals surface area contributed by atoms with E-state index in [2.05, 4.69) is 31.5 Å². The Morgan fingerprint density at radius 1 is 1.17 bits per heavy atom. The molecule has 1 aromatic heterocycles. The van der Waals surface area contributed by atoms with Gasteiger partial charge in [-0.05, 0) is 29.3 Å². The number of fused-ring (bicyclic) bond motifs is 2. The maximum Gasteiger partial charge on any atom is 0.326 e. The summed E-state index contributed by atoms with van der Waals surface area (Å²) in [5.41, 5.74) is 2.53. The van der Waals surface area contributed by atoms with E-state index in [4.69, 9.17) is 9.47 Å². The molecule has 0 radical (unpaired) electrons. The van der Waals surface area contributed by atoms with Gasteiger partial charge in [-0.25, -0.2) is 9.59 Å². The molecular weight excluding hydrogens is 442 g/mol. The number of rotatable bonds is 6. The fourth-order valence-corrected chi connectivity index (χ4v) is 3.66. The Kier molecular flexibility index (Phi) is 5.30. The minimum absolute atomic E-state index is 0.160. The lowest BCUT2D eigenvalue weighted by Gasteiger charge is -2.15. The molecule has 29 heavy (non-hydrogen) atoms. The number of carbonyl (C=O) groups is 2. The lowest BCUT2D eigenvalue weighted by molar-refractivity contribution is -0.139. The average molecular weight is 460 g/mol. The van der Waals surface area contributed by atoms with Crippen LogP contribution in [0.4, 0.5) is 4.79 Å². The highest BCUT2D eigenvalue weighted by atomic mass is 79.9. The highest BCUT2D eigenvalue weighted by Crippen LogP contribution is 2.36. The van der Waals surface area contributed by atoms with Crippen LogP contribution in [0.25, 0.3) is 10.9 Å². The highest BCUT2D eigenvalue weighted by molar-refractivity contribution is 9.10. The Morgan fingerprint density at radius 2 is 1.93 bits per heavy atom. The number of amides is 2. The second kappa shape index (κ2) is 8.04. The second-order valence-electron chi connectivity index (χ2n) is 6.58. The van der Waals surface area contributed by atoms with Crippen molar-refractivity contribution in [2.75, 3.05) is 6.79 Å². The van der Waals surface area contributed by atoms with Gasteiger partial charge in [0.15, 0.2) is 11.5 Å². The van der Waals surface area contributed by atoms with E-state index in [1.54, 1.807) is 18.3 Å². The number of aliphatic carboxylic acids is 1. The van der Waals surface area contributed by atoms with Crippen LogP contribution in [-0.4, -0.2) is 34.9 Å². The molecule has 1 aliphatic heterocycles. The van der Waals surface area contributed by atoms with Gasteiger partial charge in [-0.3, -0.25) is 0 Å². The molecule has 0 spiro atoms. The maximum absolute atomic E-state index is 12.3. The molecule has 4 N–H and O–H groups in total. The summed E-state index contributed by atoms with van der Waals surface area (Å²) >= 11 is 3.43. The molecule has 2 amide bonds. The van der Waals surface area contributed by atoms with Crippen LogP contribution in [0.2, 0.25) is 0 Å². The lowest BCUT2D eigenvalue weighted by Crippen LogP contribution is -2.46. The maximum atomic E-state index is 12.3. The van der Waals surface area contributed by atoms with Crippen molar-refractivity contribution >= 4 is 38.8 Å². The fraction of sp³-hybridized carbons (Fsp3) is 0.200. The number of H-pyrrole nitrogens is 1. The molecule has 0 unspecified atom stereocenters. The number of para-hydroxylation sites is 1. The SMILES string of the molecule is O=C(NCc1cc2c(cc1Br)OCO2)N[C@H](Cc1c[nH]c2ccccc12)C(=O)O. The summed E-state index contributed by atoms with van der Waals surface area (Å²) in [5, 5.41) is 15.7. The predicted octanol–water partition coefficient (Wildman–Crippen LogP) is 3.15. The van der Waals surface area contributed by atoms with Crippen molar-refractivity contribution in [3.8, 4) is 11.5 Å². The normalized spacial score (nSPS) is 13.3.